The predicted octanol–water partition coefficient (Wildman–Crippen LogP) is 3.90. The van der Waals surface area contributed by atoms with Crippen molar-refractivity contribution in [3.8, 4) is 5.75 Å². The second-order valence-electron chi connectivity index (χ2n) is 8.06. The average Bonchev–Trinajstić information content (AvgIpc) is 3.40. The Morgan fingerprint density at radius 3 is 2.57 bits per heavy atom. The van der Waals surface area contributed by atoms with Crippen molar-refractivity contribution in [1.82, 2.24) is 4.90 Å². The number of likely N-dealkylation sites (tertiary alicyclic amines) is 1. The number of carbonyl (C=O) groups is 2. The maximum Gasteiger partial charge on any atom is 0.307 e. The Morgan fingerprint density at radius 2 is 1.89 bits per heavy atom. The summed E-state index contributed by atoms with van der Waals surface area (Å²) in [7, 11) is 0. The van der Waals surface area contributed by atoms with Crippen LogP contribution in [0.3, 0.4) is 0 Å². The summed E-state index contributed by atoms with van der Waals surface area (Å²) in [6, 6.07) is 15.5. The fraction of sp³-hybridized carbons (Fsp3) is 0.391. The van der Waals surface area contributed by atoms with E-state index in [2.05, 4.69) is 6.07 Å². The van der Waals surface area contributed by atoms with Gasteiger partial charge in [-0.25, -0.2) is 0 Å². The van der Waals surface area contributed by atoms with Gasteiger partial charge in [-0.2, -0.15) is 0 Å². The van der Waals surface area contributed by atoms with E-state index in [1.54, 1.807) is 6.07 Å². The van der Waals surface area contributed by atoms with Gasteiger partial charge < -0.3 is 14.7 Å². The summed E-state index contributed by atoms with van der Waals surface area (Å²) >= 11 is 0. The molecule has 1 spiro atoms. The lowest BCUT2D eigenvalue weighted by molar-refractivity contribution is -0.139. The van der Waals surface area contributed by atoms with E-state index in [1.807, 2.05) is 48.2 Å². The molecule has 2 fully saturated rings. The Morgan fingerprint density at radius 1 is 1.14 bits per heavy atom. The first-order valence-electron chi connectivity index (χ1n) is 9.77. The number of hydrogen-bond donors (Lipinski definition) is 1. The molecule has 1 saturated heterocycles. The number of amides is 1. The first kappa shape index (κ1) is 18.5. The van der Waals surface area contributed by atoms with Crippen LogP contribution in [-0.4, -0.2) is 35.0 Å². The Bertz CT molecular complexity index is 899. The largest absolute Gasteiger partial charge is 0.489 e. The van der Waals surface area contributed by atoms with Gasteiger partial charge in [0, 0.05) is 18.7 Å². The maximum absolute atomic E-state index is 12.9. The molecule has 1 heterocycles. The summed E-state index contributed by atoms with van der Waals surface area (Å²) in [5.74, 6) is -0.251. The third-order valence-corrected chi connectivity index (χ3v) is 6.10. The SMILES string of the molecule is Cc1cccc(COc2cccc(C(=O)N3CCC4(CC3)CC4C(=O)O)c2)c1. The maximum atomic E-state index is 12.9. The predicted molar refractivity (Wildman–Crippen MR) is 105 cm³/mol. The topological polar surface area (TPSA) is 66.8 Å². The van der Waals surface area contributed by atoms with Crippen molar-refractivity contribution in [3.05, 3.63) is 65.2 Å². The van der Waals surface area contributed by atoms with E-state index in [0.29, 0.717) is 31.0 Å². The lowest BCUT2D eigenvalue weighted by Gasteiger charge is -2.32. The molecule has 2 aromatic rings. The third kappa shape index (κ3) is 3.75. The van der Waals surface area contributed by atoms with Gasteiger partial charge >= 0.3 is 5.97 Å². The van der Waals surface area contributed by atoms with Crippen molar-refractivity contribution in [2.45, 2.75) is 32.8 Å². The average molecular weight is 379 g/mol. The van der Waals surface area contributed by atoms with Gasteiger partial charge in [-0.1, -0.05) is 35.9 Å². The van der Waals surface area contributed by atoms with Crippen molar-refractivity contribution in [2.75, 3.05) is 13.1 Å². The van der Waals surface area contributed by atoms with Gasteiger partial charge in [0.05, 0.1) is 5.92 Å². The quantitative estimate of drug-likeness (QED) is 0.856. The normalized spacial score (nSPS) is 20.0. The first-order chi connectivity index (χ1) is 13.5. The van der Waals surface area contributed by atoms with Crippen LogP contribution in [0.4, 0.5) is 0 Å². The molecule has 1 saturated carbocycles. The summed E-state index contributed by atoms with van der Waals surface area (Å²) in [5, 5.41) is 9.21. The van der Waals surface area contributed by atoms with Gasteiger partial charge in [0.25, 0.3) is 5.91 Å². The summed E-state index contributed by atoms with van der Waals surface area (Å²) < 4.78 is 5.87. The van der Waals surface area contributed by atoms with Gasteiger partial charge in [-0.05, 0) is 55.4 Å². The molecule has 0 bridgehead atoms. The minimum absolute atomic E-state index is 0.0108. The van der Waals surface area contributed by atoms with Crippen LogP contribution < -0.4 is 4.74 Å². The second-order valence-corrected chi connectivity index (χ2v) is 8.06. The molecular weight excluding hydrogens is 354 g/mol. The highest BCUT2D eigenvalue weighted by Gasteiger charge is 2.59. The van der Waals surface area contributed by atoms with E-state index in [1.165, 1.54) is 5.56 Å². The zero-order chi connectivity index (χ0) is 19.7. The van der Waals surface area contributed by atoms with E-state index in [-0.39, 0.29) is 17.2 Å². The van der Waals surface area contributed by atoms with E-state index < -0.39 is 5.97 Å². The van der Waals surface area contributed by atoms with Crippen LogP contribution in [0.5, 0.6) is 5.75 Å². The van der Waals surface area contributed by atoms with Crippen LogP contribution >= 0.6 is 0 Å². The molecule has 1 aliphatic heterocycles. The molecule has 5 heteroatoms. The monoisotopic (exact) mass is 379 g/mol. The lowest BCUT2D eigenvalue weighted by Crippen LogP contribution is -2.40. The van der Waals surface area contributed by atoms with E-state index in [4.69, 9.17) is 4.74 Å². The number of ether oxygens (including phenoxy) is 1. The van der Waals surface area contributed by atoms with Crippen molar-refractivity contribution >= 4 is 11.9 Å². The molecule has 1 amide bonds. The number of nitrogens with zero attached hydrogens (tertiary/aromatic N) is 1. The van der Waals surface area contributed by atoms with Crippen molar-refractivity contribution in [1.29, 1.82) is 0 Å². The van der Waals surface area contributed by atoms with Gasteiger partial charge in [0.15, 0.2) is 0 Å². The number of benzene rings is 2. The molecule has 5 nitrogen and oxygen atoms in total. The van der Waals surface area contributed by atoms with Crippen LogP contribution in [0.2, 0.25) is 0 Å². The summed E-state index contributed by atoms with van der Waals surface area (Å²) in [6.45, 7) is 3.75. The van der Waals surface area contributed by atoms with Gasteiger partial charge in [0.1, 0.15) is 12.4 Å². The van der Waals surface area contributed by atoms with Crippen LogP contribution in [-0.2, 0) is 11.4 Å². The Kier molecular flexibility index (Phi) is 4.84. The fourth-order valence-electron chi connectivity index (χ4n) is 4.27. The van der Waals surface area contributed by atoms with Gasteiger partial charge in [0.2, 0.25) is 0 Å². The van der Waals surface area contributed by atoms with E-state index >= 15 is 0 Å². The fourth-order valence-corrected chi connectivity index (χ4v) is 4.27. The standard InChI is InChI=1S/C23H25NO4/c1-16-4-2-5-17(12-16)15-28-19-7-3-6-18(13-19)21(25)24-10-8-23(9-11-24)14-20(23)22(26)27/h2-7,12-13,20H,8-11,14-15H2,1H3,(H,26,27). The summed E-state index contributed by atoms with van der Waals surface area (Å²) in [4.78, 5) is 25.9. The number of piperidine rings is 1. The molecule has 1 aliphatic carbocycles. The van der Waals surface area contributed by atoms with Crippen molar-refractivity contribution in [2.24, 2.45) is 11.3 Å². The first-order valence-corrected chi connectivity index (χ1v) is 9.77. The number of carboxylic acids is 1. The summed E-state index contributed by atoms with van der Waals surface area (Å²) in [6.07, 6.45) is 2.31. The zero-order valence-electron chi connectivity index (χ0n) is 16.1. The van der Waals surface area contributed by atoms with Crippen molar-refractivity contribution in [3.63, 3.8) is 0 Å². The molecule has 4 rings (SSSR count). The molecule has 146 valence electrons. The Labute approximate surface area is 164 Å². The molecule has 1 atom stereocenters. The lowest BCUT2D eigenvalue weighted by atomic mass is 9.90. The van der Waals surface area contributed by atoms with Crippen LogP contribution in [0, 0.1) is 18.3 Å². The molecular formula is C23H25NO4. The zero-order valence-corrected chi connectivity index (χ0v) is 16.1. The van der Waals surface area contributed by atoms with E-state index in [9.17, 15) is 14.7 Å². The van der Waals surface area contributed by atoms with Crippen LogP contribution in [0.1, 0.15) is 40.7 Å². The number of aryl methyl sites for hydroxylation is 1. The summed E-state index contributed by atoms with van der Waals surface area (Å²) in [5.41, 5.74) is 2.83. The number of aliphatic carboxylic acids is 1. The molecule has 1 unspecified atom stereocenters. The van der Waals surface area contributed by atoms with Crippen LogP contribution in [0.15, 0.2) is 48.5 Å². The third-order valence-electron chi connectivity index (χ3n) is 6.10. The Balaban J connectivity index is 1.36. The highest BCUT2D eigenvalue weighted by atomic mass is 16.5. The van der Waals surface area contributed by atoms with E-state index in [0.717, 1.165) is 24.8 Å². The number of rotatable bonds is 5. The molecule has 1 N–H and O–H groups in total. The number of carbonyl (C=O) groups excluding carboxylic acids is 1. The number of hydrogen-bond acceptors (Lipinski definition) is 3. The van der Waals surface area contributed by atoms with Gasteiger partial charge in [-0.3, -0.25) is 9.59 Å². The molecule has 2 aromatic carbocycles. The highest BCUT2D eigenvalue weighted by Crippen LogP contribution is 2.59. The molecule has 0 radical (unpaired) electrons. The number of carboxylic acid groups (broad SMARTS) is 1. The van der Waals surface area contributed by atoms with Crippen LogP contribution in [0.25, 0.3) is 0 Å². The van der Waals surface area contributed by atoms with Gasteiger partial charge in [-0.15, -0.1) is 0 Å². The Hall–Kier alpha value is -2.82. The minimum Gasteiger partial charge on any atom is -0.489 e. The highest BCUT2D eigenvalue weighted by molar-refractivity contribution is 5.94. The second kappa shape index (κ2) is 7.30. The minimum atomic E-state index is -0.696. The van der Waals surface area contributed by atoms with Crippen molar-refractivity contribution < 1.29 is 19.4 Å². The molecule has 28 heavy (non-hydrogen) atoms. The molecule has 0 aromatic heterocycles. The molecule has 2 aliphatic rings. The smallest absolute Gasteiger partial charge is 0.307 e.